The first-order chi connectivity index (χ1) is 9.45. The summed E-state index contributed by atoms with van der Waals surface area (Å²) in [7, 11) is 1.72. The van der Waals surface area contributed by atoms with Gasteiger partial charge in [0.2, 0.25) is 0 Å². The minimum absolute atomic E-state index is 0.442. The quantitative estimate of drug-likeness (QED) is 0.911. The molecule has 0 atom stereocenters. The van der Waals surface area contributed by atoms with Gasteiger partial charge in [0, 0.05) is 24.4 Å². The molecule has 0 saturated heterocycles. The Balaban J connectivity index is 2.03. The highest BCUT2D eigenvalue weighted by Gasteiger charge is 2.31. The van der Waals surface area contributed by atoms with Gasteiger partial charge in [-0.05, 0) is 37.0 Å². The van der Waals surface area contributed by atoms with Crippen LogP contribution in [-0.4, -0.2) is 12.1 Å². The molecule has 1 fully saturated rings. The van der Waals surface area contributed by atoms with Crippen LogP contribution >= 0.6 is 11.3 Å². The fraction of sp³-hybridized carbons (Fsp3) is 0.812. The average Bonchev–Trinajstić information content (AvgIpc) is 2.81. The van der Waals surface area contributed by atoms with Gasteiger partial charge in [0.1, 0.15) is 0 Å². The van der Waals surface area contributed by atoms with Crippen LogP contribution < -0.4 is 5.73 Å². The van der Waals surface area contributed by atoms with Gasteiger partial charge in [-0.15, -0.1) is 11.3 Å². The number of aromatic nitrogens is 1. The molecule has 20 heavy (non-hydrogen) atoms. The van der Waals surface area contributed by atoms with Crippen molar-refractivity contribution in [1.82, 2.24) is 4.98 Å². The molecule has 0 aromatic carbocycles. The molecule has 1 aliphatic rings. The van der Waals surface area contributed by atoms with Gasteiger partial charge in [-0.25, -0.2) is 4.98 Å². The lowest BCUT2D eigenvalue weighted by atomic mass is 9.70. The Kier molecular flexibility index (Phi) is 5.21. The van der Waals surface area contributed by atoms with E-state index in [0.717, 1.165) is 11.6 Å². The van der Waals surface area contributed by atoms with Gasteiger partial charge in [-0.1, -0.05) is 20.8 Å². The Labute approximate surface area is 126 Å². The molecule has 1 aromatic heterocycles. The number of rotatable bonds is 4. The third-order valence-electron chi connectivity index (χ3n) is 4.56. The van der Waals surface area contributed by atoms with E-state index in [-0.39, 0.29) is 0 Å². The van der Waals surface area contributed by atoms with Gasteiger partial charge in [-0.2, -0.15) is 0 Å². The molecule has 114 valence electrons. The first kappa shape index (κ1) is 15.9. The van der Waals surface area contributed by atoms with E-state index in [1.165, 1.54) is 35.6 Å². The van der Waals surface area contributed by atoms with Gasteiger partial charge in [0.25, 0.3) is 0 Å². The molecule has 1 heterocycles. The summed E-state index contributed by atoms with van der Waals surface area (Å²) in [5, 5.41) is 1.28. The maximum atomic E-state index is 5.82. The van der Waals surface area contributed by atoms with Crippen molar-refractivity contribution in [2.24, 2.45) is 17.1 Å². The molecule has 0 amide bonds. The molecule has 0 aliphatic heterocycles. The topological polar surface area (TPSA) is 48.1 Å². The van der Waals surface area contributed by atoms with Gasteiger partial charge < -0.3 is 10.5 Å². The van der Waals surface area contributed by atoms with E-state index in [1.807, 2.05) is 0 Å². The van der Waals surface area contributed by atoms with E-state index in [4.69, 9.17) is 15.5 Å². The minimum atomic E-state index is 0.442. The maximum absolute atomic E-state index is 5.82. The SMILES string of the molecule is COCc1nc(C2CCC(C(C)(C)C)CC2)sc1CN. The van der Waals surface area contributed by atoms with Crippen molar-refractivity contribution in [3.8, 4) is 0 Å². The number of ether oxygens (including phenoxy) is 1. The van der Waals surface area contributed by atoms with E-state index < -0.39 is 0 Å². The molecule has 1 saturated carbocycles. The Morgan fingerprint density at radius 3 is 2.40 bits per heavy atom. The third-order valence-corrected chi connectivity index (χ3v) is 5.84. The summed E-state index contributed by atoms with van der Waals surface area (Å²) in [5.41, 5.74) is 7.31. The van der Waals surface area contributed by atoms with Crippen LogP contribution in [0.15, 0.2) is 0 Å². The zero-order valence-corrected chi connectivity index (χ0v) is 14.1. The number of methoxy groups -OCH3 is 1. The van der Waals surface area contributed by atoms with E-state index >= 15 is 0 Å². The fourth-order valence-electron chi connectivity index (χ4n) is 3.19. The number of nitrogens with two attached hydrogens (primary N) is 1. The highest BCUT2D eigenvalue weighted by molar-refractivity contribution is 7.11. The van der Waals surface area contributed by atoms with Gasteiger partial charge in [0.05, 0.1) is 17.3 Å². The second kappa shape index (κ2) is 6.54. The first-order valence-corrected chi connectivity index (χ1v) is 8.44. The van der Waals surface area contributed by atoms with Crippen molar-refractivity contribution in [3.05, 3.63) is 15.6 Å². The second-order valence-corrected chi connectivity index (χ2v) is 8.09. The number of hydrogen-bond acceptors (Lipinski definition) is 4. The molecule has 1 aliphatic carbocycles. The monoisotopic (exact) mass is 296 g/mol. The summed E-state index contributed by atoms with van der Waals surface area (Å²) in [4.78, 5) is 5.99. The molecule has 4 heteroatoms. The number of thiazole rings is 1. The predicted octanol–water partition coefficient (Wildman–Crippen LogP) is 4.07. The Bertz CT molecular complexity index is 428. The summed E-state index contributed by atoms with van der Waals surface area (Å²) >= 11 is 1.80. The molecule has 2 rings (SSSR count). The predicted molar refractivity (Wildman–Crippen MR) is 84.9 cm³/mol. The van der Waals surface area contributed by atoms with Crippen molar-refractivity contribution in [3.63, 3.8) is 0 Å². The highest BCUT2D eigenvalue weighted by atomic mass is 32.1. The van der Waals surface area contributed by atoms with Crippen LogP contribution in [0.4, 0.5) is 0 Å². The molecular formula is C16H28N2OS. The highest BCUT2D eigenvalue weighted by Crippen LogP contribution is 2.44. The summed E-state index contributed by atoms with van der Waals surface area (Å²) in [6.45, 7) is 8.26. The van der Waals surface area contributed by atoms with Crippen LogP contribution in [0.2, 0.25) is 0 Å². The summed E-state index contributed by atoms with van der Waals surface area (Å²) in [6.07, 6.45) is 5.19. The van der Waals surface area contributed by atoms with Gasteiger partial charge in [-0.3, -0.25) is 0 Å². The third kappa shape index (κ3) is 3.60. The molecule has 2 N–H and O–H groups in total. The standard InChI is InChI=1S/C16H28N2OS/c1-16(2,3)12-7-5-11(6-8-12)15-18-13(10-19-4)14(9-17)20-15/h11-12H,5-10,17H2,1-4H3. The van der Waals surface area contributed by atoms with Crippen molar-refractivity contribution in [1.29, 1.82) is 0 Å². The minimum Gasteiger partial charge on any atom is -0.378 e. The molecule has 0 bridgehead atoms. The lowest BCUT2D eigenvalue weighted by Gasteiger charge is -2.36. The van der Waals surface area contributed by atoms with Crippen LogP contribution in [0.1, 0.15) is 68.0 Å². The van der Waals surface area contributed by atoms with E-state index in [0.29, 0.717) is 24.5 Å². The Morgan fingerprint density at radius 2 is 1.90 bits per heavy atom. The van der Waals surface area contributed by atoms with Crippen LogP contribution in [0.3, 0.4) is 0 Å². The van der Waals surface area contributed by atoms with E-state index in [1.54, 1.807) is 18.4 Å². The van der Waals surface area contributed by atoms with Crippen molar-refractivity contribution >= 4 is 11.3 Å². The van der Waals surface area contributed by atoms with E-state index in [9.17, 15) is 0 Å². The Morgan fingerprint density at radius 1 is 1.25 bits per heavy atom. The van der Waals surface area contributed by atoms with Crippen LogP contribution in [0.25, 0.3) is 0 Å². The zero-order valence-electron chi connectivity index (χ0n) is 13.2. The number of nitrogens with zero attached hydrogens (tertiary/aromatic N) is 1. The summed E-state index contributed by atoms with van der Waals surface area (Å²) in [6, 6.07) is 0. The second-order valence-electron chi connectivity index (χ2n) is 6.97. The fourth-order valence-corrected chi connectivity index (χ4v) is 4.31. The van der Waals surface area contributed by atoms with E-state index in [2.05, 4.69) is 20.8 Å². The average molecular weight is 296 g/mol. The largest absolute Gasteiger partial charge is 0.378 e. The molecule has 0 radical (unpaired) electrons. The van der Waals surface area contributed by atoms with Gasteiger partial charge >= 0.3 is 0 Å². The number of hydrogen-bond donors (Lipinski definition) is 1. The van der Waals surface area contributed by atoms with Crippen molar-refractivity contribution < 1.29 is 4.74 Å². The van der Waals surface area contributed by atoms with Crippen LogP contribution in [-0.2, 0) is 17.9 Å². The normalized spacial score (nSPS) is 24.1. The van der Waals surface area contributed by atoms with Crippen LogP contribution in [0.5, 0.6) is 0 Å². The van der Waals surface area contributed by atoms with Crippen molar-refractivity contribution in [2.75, 3.05) is 7.11 Å². The zero-order chi connectivity index (χ0) is 14.8. The molecule has 3 nitrogen and oxygen atoms in total. The molecular weight excluding hydrogens is 268 g/mol. The maximum Gasteiger partial charge on any atom is 0.0963 e. The summed E-state index contributed by atoms with van der Waals surface area (Å²) < 4.78 is 5.22. The van der Waals surface area contributed by atoms with Gasteiger partial charge in [0.15, 0.2) is 0 Å². The lowest BCUT2D eigenvalue weighted by Crippen LogP contribution is -2.25. The summed E-state index contributed by atoms with van der Waals surface area (Å²) in [5.74, 6) is 1.49. The lowest BCUT2D eigenvalue weighted by molar-refractivity contribution is 0.168. The van der Waals surface area contributed by atoms with Crippen LogP contribution in [0, 0.1) is 11.3 Å². The molecule has 0 spiro atoms. The smallest absolute Gasteiger partial charge is 0.0963 e. The Hall–Kier alpha value is -0.450. The molecule has 1 aromatic rings. The van der Waals surface area contributed by atoms with Crippen molar-refractivity contribution in [2.45, 2.75) is 65.5 Å². The first-order valence-electron chi connectivity index (χ1n) is 7.63. The molecule has 0 unspecified atom stereocenters.